The van der Waals surface area contributed by atoms with Crippen molar-refractivity contribution in [1.82, 2.24) is 5.32 Å². The van der Waals surface area contributed by atoms with Crippen LogP contribution in [0.2, 0.25) is 0 Å². The second-order valence-corrected chi connectivity index (χ2v) is 7.41. The van der Waals surface area contributed by atoms with E-state index in [2.05, 4.69) is 33.0 Å². The molecule has 1 saturated heterocycles. The summed E-state index contributed by atoms with van der Waals surface area (Å²) in [5, 5.41) is 3.69. The van der Waals surface area contributed by atoms with E-state index in [1.807, 2.05) is 0 Å². The highest BCUT2D eigenvalue weighted by molar-refractivity contribution is 5.78. The van der Waals surface area contributed by atoms with Gasteiger partial charge in [0.2, 0.25) is 5.91 Å². The standard InChI is InChI=1S/C16H30N2O/c1-9-5-10(2)7-13(6-9)15-14(16(17)19)11(3)8-12(4)18-15/h9-15,18H,5-8H2,1-4H3,(H2,17,19). The Kier molecular flexibility index (Phi) is 4.54. The summed E-state index contributed by atoms with van der Waals surface area (Å²) in [7, 11) is 0. The van der Waals surface area contributed by atoms with Crippen molar-refractivity contribution in [2.24, 2.45) is 35.3 Å². The molecule has 0 aromatic carbocycles. The molecule has 2 aliphatic rings. The molecule has 0 bridgehead atoms. The van der Waals surface area contributed by atoms with Crippen LogP contribution in [0.3, 0.4) is 0 Å². The summed E-state index contributed by atoms with van der Waals surface area (Å²) in [6.45, 7) is 9.11. The molecule has 0 aromatic rings. The van der Waals surface area contributed by atoms with Gasteiger partial charge in [0.15, 0.2) is 0 Å². The maximum absolute atomic E-state index is 11.9. The van der Waals surface area contributed by atoms with Crippen LogP contribution in [0.5, 0.6) is 0 Å². The van der Waals surface area contributed by atoms with Crippen molar-refractivity contribution < 1.29 is 4.79 Å². The van der Waals surface area contributed by atoms with E-state index in [4.69, 9.17) is 5.73 Å². The van der Waals surface area contributed by atoms with Gasteiger partial charge in [-0.15, -0.1) is 0 Å². The largest absolute Gasteiger partial charge is 0.369 e. The smallest absolute Gasteiger partial charge is 0.222 e. The van der Waals surface area contributed by atoms with Crippen LogP contribution in [0.15, 0.2) is 0 Å². The van der Waals surface area contributed by atoms with Gasteiger partial charge in [0, 0.05) is 12.1 Å². The maximum Gasteiger partial charge on any atom is 0.222 e. The van der Waals surface area contributed by atoms with Crippen LogP contribution in [-0.4, -0.2) is 18.0 Å². The molecule has 3 N–H and O–H groups in total. The van der Waals surface area contributed by atoms with Crippen LogP contribution in [-0.2, 0) is 4.79 Å². The second-order valence-electron chi connectivity index (χ2n) is 7.41. The third kappa shape index (κ3) is 3.31. The van der Waals surface area contributed by atoms with Crippen LogP contribution in [0, 0.1) is 29.6 Å². The highest BCUT2D eigenvalue weighted by Crippen LogP contribution is 2.40. The lowest BCUT2D eigenvalue weighted by Crippen LogP contribution is -2.58. The van der Waals surface area contributed by atoms with Crippen molar-refractivity contribution in [3.8, 4) is 0 Å². The van der Waals surface area contributed by atoms with Crippen molar-refractivity contribution >= 4 is 5.91 Å². The summed E-state index contributed by atoms with van der Waals surface area (Å²) >= 11 is 0. The SMILES string of the molecule is CC1CC(C)CC(C2NC(C)CC(C)C2C(N)=O)C1. The fraction of sp³-hybridized carbons (Fsp3) is 0.938. The molecule has 3 heteroatoms. The molecule has 1 heterocycles. The average Bonchev–Trinajstić information content (AvgIpc) is 2.25. The Balaban J connectivity index is 2.16. The van der Waals surface area contributed by atoms with Gasteiger partial charge >= 0.3 is 0 Å². The molecule has 1 amide bonds. The molecule has 0 spiro atoms. The zero-order chi connectivity index (χ0) is 14.2. The number of amides is 1. The minimum Gasteiger partial charge on any atom is -0.369 e. The summed E-state index contributed by atoms with van der Waals surface area (Å²) in [5.74, 6) is 2.47. The van der Waals surface area contributed by atoms with E-state index in [1.165, 1.54) is 19.3 Å². The number of hydrogen-bond donors (Lipinski definition) is 2. The van der Waals surface area contributed by atoms with E-state index < -0.39 is 0 Å². The molecular weight excluding hydrogens is 236 g/mol. The molecule has 1 aliphatic heterocycles. The molecule has 3 nitrogen and oxygen atoms in total. The highest BCUT2D eigenvalue weighted by atomic mass is 16.1. The third-order valence-electron chi connectivity index (χ3n) is 5.25. The second kappa shape index (κ2) is 5.82. The Labute approximate surface area is 117 Å². The quantitative estimate of drug-likeness (QED) is 0.807. The molecular formula is C16H30N2O. The zero-order valence-electron chi connectivity index (χ0n) is 12.9. The van der Waals surface area contributed by atoms with Crippen LogP contribution in [0.25, 0.3) is 0 Å². The van der Waals surface area contributed by atoms with E-state index in [0.29, 0.717) is 23.9 Å². The van der Waals surface area contributed by atoms with Gasteiger partial charge in [-0.2, -0.15) is 0 Å². The number of hydrogen-bond acceptors (Lipinski definition) is 2. The first kappa shape index (κ1) is 14.8. The number of piperidine rings is 1. The summed E-state index contributed by atoms with van der Waals surface area (Å²) in [6, 6.07) is 0.796. The molecule has 6 unspecified atom stereocenters. The summed E-state index contributed by atoms with van der Waals surface area (Å²) in [4.78, 5) is 11.9. The first-order valence-corrected chi connectivity index (χ1v) is 7.93. The molecule has 1 saturated carbocycles. The lowest BCUT2D eigenvalue weighted by molar-refractivity contribution is -0.126. The Morgan fingerprint density at radius 1 is 1.00 bits per heavy atom. The predicted molar refractivity (Wildman–Crippen MR) is 78.5 cm³/mol. The van der Waals surface area contributed by atoms with Gasteiger partial charge < -0.3 is 11.1 Å². The molecule has 0 aromatic heterocycles. The van der Waals surface area contributed by atoms with E-state index in [9.17, 15) is 4.79 Å². The van der Waals surface area contributed by atoms with Crippen LogP contribution in [0.4, 0.5) is 0 Å². The molecule has 2 fully saturated rings. The first-order valence-electron chi connectivity index (χ1n) is 7.93. The van der Waals surface area contributed by atoms with Crippen LogP contribution < -0.4 is 11.1 Å². The zero-order valence-corrected chi connectivity index (χ0v) is 12.9. The predicted octanol–water partition coefficient (Wildman–Crippen LogP) is 2.55. The van der Waals surface area contributed by atoms with Gasteiger partial charge in [-0.1, -0.05) is 20.8 Å². The number of primary amides is 1. The van der Waals surface area contributed by atoms with Gasteiger partial charge in [0.05, 0.1) is 5.92 Å². The Morgan fingerprint density at radius 3 is 2.11 bits per heavy atom. The number of carbonyl (C=O) groups excluding carboxylic acids is 1. The minimum absolute atomic E-state index is 0.0127. The summed E-state index contributed by atoms with van der Waals surface area (Å²) in [5.41, 5.74) is 5.69. The first-order chi connectivity index (χ1) is 8.88. The molecule has 6 atom stereocenters. The van der Waals surface area contributed by atoms with Crippen molar-refractivity contribution in [2.45, 2.75) is 65.5 Å². The Hall–Kier alpha value is -0.570. The van der Waals surface area contributed by atoms with Gasteiger partial charge in [-0.3, -0.25) is 4.79 Å². The minimum atomic E-state index is -0.109. The van der Waals surface area contributed by atoms with E-state index >= 15 is 0 Å². The molecule has 0 radical (unpaired) electrons. The lowest BCUT2D eigenvalue weighted by Gasteiger charge is -2.46. The molecule has 1 aliphatic carbocycles. The summed E-state index contributed by atoms with van der Waals surface area (Å²) in [6.07, 6.45) is 4.87. The highest BCUT2D eigenvalue weighted by Gasteiger charge is 2.42. The lowest BCUT2D eigenvalue weighted by atomic mass is 9.66. The van der Waals surface area contributed by atoms with Crippen LogP contribution in [0.1, 0.15) is 53.4 Å². The molecule has 2 rings (SSSR count). The van der Waals surface area contributed by atoms with E-state index in [-0.39, 0.29) is 11.8 Å². The van der Waals surface area contributed by atoms with Gasteiger partial charge in [0.25, 0.3) is 0 Å². The van der Waals surface area contributed by atoms with Gasteiger partial charge in [0.1, 0.15) is 0 Å². The topological polar surface area (TPSA) is 55.1 Å². The van der Waals surface area contributed by atoms with Crippen molar-refractivity contribution in [3.63, 3.8) is 0 Å². The fourth-order valence-electron chi connectivity index (χ4n) is 4.75. The number of carbonyl (C=O) groups is 1. The van der Waals surface area contributed by atoms with Crippen molar-refractivity contribution in [2.75, 3.05) is 0 Å². The summed E-state index contributed by atoms with van der Waals surface area (Å²) < 4.78 is 0. The normalized spacial score (nSPS) is 47.9. The van der Waals surface area contributed by atoms with Crippen molar-refractivity contribution in [1.29, 1.82) is 0 Å². The third-order valence-corrected chi connectivity index (χ3v) is 5.25. The van der Waals surface area contributed by atoms with Crippen LogP contribution >= 0.6 is 0 Å². The fourth-order valence-corrected chi connectivity index (χ4v) is 4.75. The van der Waals surface area contributed by atoms with Gasteiger partial charge in [-0.05, 0) is 56.3 Å². The number of nitrogens with one attached hydrogen (secondary N) is 1. The Morgan fingerprint density at radius 2 is 1.58 bits per heavy atom. The number of rotatable bonds is 2. The van der Waals surface area contributed by atoms with E-state index in [1.54, 1.807) is 0 Å². The average molecular weight is 266 g/mol. The molecule has 110 valence electrons. The molecule has 19 heavy (non-hydrogen) atoms. The monoisotopic (exact) mass is 266 g/mol. The van der Waals surface area contributed by atoms with Crippen molar-refractivity contribution in [3.05, 3.63) is 0 Å². The number of nitrogens with two attached hydrogens (primary N) is 1. The Bertz CT molecular complexity index is 321. The maximum atomic E-state index is 11.9. The van der Waals surface area contributed by atoms with E-state index in [0.717, 1.165) is 18.3 Å². The van der Waals surface area contributed by atoms with Gasteiger partial charge in [-0.25, -0.2) is 0 Å².